The van der Waals surface area contributed by atoms with E-state index in [2.05, 4.69) is 27.0 Å². The molecule has 1 aliphatic carbocycles. The van der Waals surface area contributed by atoms with E-state index in [9.17, 15) is 4.39 Å². The van der Waals surface area contributed by atoms with Crippen molar-refractivity contribution in [3.8, 4) is 5.69 Å². The minimum absolute atomic E-state index is 0.0239. The first kappa shape index (κ1) is 14.0. The van der Waals surface area contributed by atoms with Crippen LogP contribution in [0, 0.1) is 6.08 Å². The number of hydrogen-bond acceptors (Lipinski definition) is 7. The van der Waals surface area contributed by atoms with Gasteiger partial charge >= 0.3 is 0 Å². The number of hydrazine groups is 1. The molecule has 3 aliphatic rings. The summed E-state index contributed by atoms with van der Waals surface area (Å²) in [6, 6.07) is 7.58. The van der Waals surface area contributed by atoms with E-state index in [1.54, 1.807) is 11.3 Å². The largest absolute Gasteiger partial charge is 0.337 e. The van der Waals surface area contributed by atoms with Crippen molar-refractivity contribution in [2.45, 2.75) is 31.3 Å². The number of anilines is 2. The molecule has 2 aromatic heterocycles. The molecular formula is C17H14FN7O. The predicted molar refractivity (Wildman–Crippen MR) is 90.6 cm³/mol. The quantitative estimate of drug-likeness (QED) is 0.707. The Morgan fingerprint density at radius 3 is 2.96 bits per heavy atom. The third-order valence-electron chi connectivity index (χ3n) is 5.31. The summed E-state index contributed by atoms with van der Waals surface area (Å²) in [5.74, 6) is 1.57. The number of hydrogen-bond donors (Lipinski definition) is 0. The molecule has 6 rings (SSSR count). The van der Waals surface area contributed by atoms with Crippen LogP contribution >= 0.6 is 0 Å². The molecule has 9 heteroatoms. The summed E-state index contributed by atoms with van der Waals surface area (Å²) < 4.78 is 21.3. The Morgan fingerprint density at radius 1 is 1.27 bits per heavy atom. The summed E-state index contributed by atoms with van der Waals surface area (Å²) in [7, 11) is 0. The summed E-state index contributed by atoms with van der Waals surface area (Å²) in [5.41, 5.74) is 1.59. The maximum absolute atomic E-state index is 14.4. The summed E-state index contributed by atoms with van der Waals surface area (Å²) >= 11 is 0. The van der Waals surface area contributed by atoms with Crippen LogP contribution in [-0.2, 0) is 5.41 Å². The average Bonchev–Trinajstić information content (AvgIpc) is 3.06. The highest BCUT2D eigenvalue weighted by Crippen LogP contribution is 2.48. The van der Waals surface area contributed by atoms with Crippen molar-refractivity contribution in [3.05, 3.63) is 48.0 Å². The van der Waals surface area contributed by atoms with Crippen LogP contribution in [0.5, 0.6) is 0 Å². The zero-order valence-electron chi connectivity index (χ0n) is 13.9. The fourth-order valence-corrected chi connectivity index (χ4v) is 3.53. The normalized spacial score (nSPS) is 21.5. The van der Waals surface area contributed by atoms with E-state index in [0.29, 0.717) is 17.7 Å². The molecular weight excluding hydrogens is 337 g/mol. The number of aliphatic imine (C=N–C) groups is 1. The van der Waals surface area contributed by atoms with Gasteiger partial charge in [-0.25, -0.2) is 20.0 Å². The minimum atomic E-state index is -0.572. The second kappa shape index (κ2) is 4.48. The van der Waals surface area contributed by atoms with E-state index in [0.717, 1.165) is 24.1 Å². The lowest BCUT2D eigenvalue weighted by Gasteiger charge is -2.35. The molecule has 1 atom stereocenters. The smallest absolute Gasteiger partial charge is 0.295 e. The highest BCUT2D eigenvalue weighted by Gasteiger charge is 2.46. The van der Waals surface area contributed by atoms with Crippen molar-refractivity contribution in [2.24, 2.45) is 4.99 Å². The predicted octanol–water partition coefficient (Wildman–Crippen LogP) is 2.73. The highest BCUT2D eigenvalue weighted by molar-refractivity contribution is 5.85. The van der Waals surface area contributed by atoms with Crippen LogP contribution in [0.1, 0.15) is 37.4 Å². The lowest BCUT2D eigenvalue weighted by atomic mass is 10.1. The van der Waals surface area contributed by atoms with E-state index in [1.807, 2.05) is 29.3 Å². The summed E-state index contributed by atoms with van der Waals surface area (Å²) in [4.78, 5) is 13.0. The van der Waals surface area contributed by atoms with Gasteiger partial charge in [0.2, 0.25) is 5.89 Å². The van der Waals surface area contributed by atoms with Gasteiger partial charge in [0.15, 0.2) is 12.0 Å². The van der Waals surface area contributed by atoms with E-state index in [-0.39, 0.29) is 11.6 Å². The Kier molecular flexibility index (Phi) is 2.41. The number of halogens is 1. The van der Waals surface area contributed by atoms with E-state index < -0.39 is 6.08 Å². The van der Waals surface area contributed by atoms with Crippen LogP contribution in [0.4, 0.5) is 16.2 Å². The maximum atomic E-state index is 14.4. The summed E-state index contributed by atoms with van der Waals surface area (Å²) in [6.07, 6.45) is 4.32. The summed E-state index contributed by atoms with van der Waals surface area (Å²) in [5, 5.41) is 7.62. The number of rotatable bonds is 2. The van der Waals surface area contributed by atoms with Gasteiger partial charge in [-0.2, -0.15) is 9.37 Å². The zero-order valence-corrected chi connectivity index (χ0v) is 13.9. The van der Waals surface area contributed by atoms with Gasteiger partial charge in [0, 0.05) is 11.0 Å². The molecule has 26 heavy (non-hydrogen) atoms. The first-order valence-corrected chi connectivity index (χ1v) is 8.44. The van der Waals surface area contributed by atoms with Gasteiger partial charge in [0.05, 0.1) is 11.9 Å². The second-order valence-corrected chi connectivity index (χ2v) is 7.07. The maximum Gasteiger partial charge on any atom is 0.295 e. The number of nitrogens with zero attached hydrogens (tertiary/aromatic N) is 7. The first-order chi connectivity index (χ1) is 12.7. The third-order valence-corrected chi connectivity index (χ3v) is 5.31. The Labute approximate surface area is 147 Å². The number of aromatic nitrogens is 4. The van der Waals surface area contributed by atoms with E-state index >= 15 is 0 Å². The topological polar surface area (TPSA) is 75.6 Å². The van der Waals surface area contributed by atoms with E-state index in [1.165, 1.54) is 10.8 Å². The molecule has 1 aromatic carbocycles. The molecule has 130 valence electrons. The Balaban J connectivity index is 1.49. The Bertz CT molecular complexity index is 1070. The molecule has 1 fully saturated rings. The summed E-state index contributed by atoms with van der Waals surface area (Å²) in [6.45, 7) is 2.10. The van der Waals surface area contributed by atoms with Crippen LogP contribution in [0.3, 0.4) is 0 Å². The van der Waals surface area contributed by atoms with Gasteiger partial charge in [0.25, 0.3) is 12.0 Å². The molecule has 0 spiro atoms. The van der Waals surface area contributed by atoms with Crippen molar-refractivity contribution in [1.29, 1.82) is 0 Å². The number of imidazole rings is 1. The number of para-hydroxylation sites is 1. The molecule has 0 bridgehead atoms. The van der Waals surface area contributed by atoms with Crippen molar-refractivity contribution in [1.82, 2.24) is 19.7 Å². The van der Waals surface area contributed by atoms with Gasteiger partial charge in [-0.1, -0.05) is 25.1 Å². The van der Waals surface area contributed by atoms with Crippen molar-refractivity contribution >= 4 is 18.1 Å². The lowest BCUT2D eigenvalue weighted by Crippen LogP contribution is -2.43. The van der Waals surface area contributed by atoms with Gasteiger partial charge < -0.3 is 4.52 Å². The van der Waals surface area contributed by atoms with Crippen LogP contribution < -0.4 is 10.0 Å². The van der Waals surface area contributed by atoms with Crippen LogP contribution in [-0.4, -0.2) is 26.0 Å². The van der Waals surface area contributed by atoms with Gasteiger partial charge in [-0.3, -0.25) is 4.57 Å². The Morgan fingerprint density at radius 2 is 2.12 bits per heavy atom. The SMILES string of the molecule is CC1(c2nc(N3C=NC4c5ccccc5-n5c(cnc5F)N43)no2)CC1. The molecule has 2 aliphatic heterocycles. The first-order valence-electron chi connectivity index (χ1n) is 8.44. The van der Waals surface area contributed by atoms with Crippen LogP contribution in [0.15, 0.2) is 40.0 Å². The van der Waals surface area contributed by atoms with E-state index in [4.69, 9.17) is 4.52 Å². The zero-order chi connectivity index (χ0) is 17.5. The molecule has 4 heterocycles. The molecule has 3 aromatic rings. The van der Waals surface area contributed by atoms with Crippen molar-refractivity contribution in [3.63, 3.8) is 0 Å². The fourth-order valence-electron chi connectivity index (χ4n) is 3.53. The van der Waals surface area contributed by atoms with Gasteiger partial charge in [0.1, 0.15) is 6.34 Å². The van der Waals surface area contributed by atoms with Crippen LogP contribution in [0.2, 0.25) is 0 Å². The molecule has 0 radical (unpaired) electrons. The lowest BCUT2D eigenvalue weighted by molar-refractivity contribution is 0.352. The fraction of sp³-hybridized carbons (Fsp3) is 0.294. The molecule has 8 nitrogen and oxygen atoms in total. The second-order valence-electron chi connectivity index (χ2n) is 7.07. The molecule has 0 amide bonds. The van der Waals surface area contributed by atoms with Crippen molar-refractivity contribution in [2.75, 3.05) is 10.0 Å². The number of fused-ring (bicyclic) bond motifs is 6. The number of benzene rings is 1. The standard InChI is InChI=1S/C17H14FN7O/c1-17(6-7-17)14-21-16(22-26-14)23-9-20-13-10-4-2-3-5-11(10)24-12(25(13)23)8-19-15(24)18/h2-5,8-9,13H,6-7H2,1H3. The molecule has 1 unspecified atom stereocenters. The van der Waals surface area contributed by atoms with Gasteiger partial charge in [-0.05, 0) is 24.1 Å². The molecule has 0 N–H and O–H groups in total. The van der Waals surface area contributed by atoms with Gasteiger partial charge in [-0.15, -0.1) is 0 Å². The average molecular weight is 351 g/mol. The third kappa shape index (κ3) is 1.67. The molecule has 0 saturated heterocycles. The monoisotopic (exact) mass is 351 g/mol. The minimum Gasteiger partial charge on any atom is -0.337 e. The Hall–Kier alpha value is -3.23. The highest BCUT2D eigenvalue weighted by atomic mass is 19.1. The molecule has 1 saturated carbocycles. The van der Waals surface area contributed by atoms with Crippen molar-refractivity contribution < 1.29 is 8.91 Å². The van der Waals surface area contributed by atoms with Crippen LogP contribution in [0.25, 0.3) is 5.69 Å².